The molecule has 0 fully saturated rings. The lowest BCUT2D eigenvalue weighted by atomic mass is 10.1. The fourth-order valence-corrected chi connectivity index (χ4v) is 2.25. The molecular weight excluding hydrogens is 537 g/mol. The van der Waals surface area contributed by atoms with Crippen molar-refractivity contribution in [1.29, 1.82) is 0 Å². The number of hydrogen-bond donors (Lipinski definition) is 0. The van der Waals surface area contributed by atoms with Crippen LogP contribution in [0.3, 0.4) is 0 Å². The molecule has 78 valence electrons. The Morgan fingerprint density at radius 2 is 1.33 bits per heavy atom. The highest BCUT2D eigenvalue weighted by Crippen LogP contribution is 2.20. The SMILES string of the molecule is O=C(I)c1ccc(C(=O)I)c(C(=O)I)c1. The van der Waals surface area contributed by atoms with E-state index in [1.807, 2.05) is 0 Å². The molecule has 0 bridgehead atoms. The van der Waals surface area contributed by atoms with Crippen molar-refractivity contribution < 1.29 is 14.4 Å². The predicted molar refractivity (Wildman–Crippen MR) is 81.5 cm³/mol. The van der Waals surface area contributed by atoms with Gasteiger partial charge in [0.15, 0.2) is 0 Å². The summed E-state index contributed by atoms with van der Waals surface area (Å²) in [6.07, 6.45) is 0. The van der Waals surface area contributed by atoms with Crippen molar-refractivity contribution in [2.45, 2.75) is 0 Å². The van der Waals surface area contributed by atoms with Crippen molar-refractivity contribution in [3.05, 3.63) is 34.9 Å². The molecule has 0 unspecified atom stereocenters. The first-order valence-electron chi connectivity index (χ1n) is 3.67. The molecule has 1 aromatic carbocycles. The lowest BCUT2D eigenvalue weighted by Gasteiger charge is -2.03. The average Bonchev–Trinajstić information content (AvgIpc) is 2.16. The summed E-state index contributed by atoms with van der Waals surface area (Å²) in [5.41, 5.74) is 1.06. The summed E-state index contributed by atoms with van der Waals surface area (Å²) >= 11 is 4.85. The van der Waals surface area contributed by atoms with Crippen LogP contribution < -0.4 is 0 Å². The predicted octanol–water partition coefficient (Wildman–Crippen LogP) is 3.41. The van der Waals surface area contributed by atoms with Gasteiger partial charge in [0.1, 0.15) is 0 Å². The summed E-state index contributed by atoms with van der Waals surface area (Å²) in [5, 5.41) is 0. The van der Waals surface area contributed by atoms with Crippen molar-refractivity contribution >= 4 is 79.1 Å². The van der Waals surface area contributed by atoms with Crippen molar-refractivity contribution in [2.24, 2.45) is 0 Å². The lowest BCUT2D eigenvalue weighted by Crippen LogP contribution is -2.02. The van der Waals surface area contributed by atoms with Crippen LogP contribution in [-0.4, -0.2) is 11.4 Å². The van der Waals surface area contributed by atoms with Gasteiger partial charge in [0, 0.05) is 84.5 Å². The largest absolute Gasteiger partial charge is 0.282 e. The molecular formula is C9H3I3O3. The molecule has 0 aliphatic carbocycles. The molecule has 0 saturated heterocycles. The van der Waals surface area contributed by atoms with E-state index in [4.69, 9.17) is 0 Å². The maximum atomic E-state index is 11.3. The van der Waals surface area contributed by atoms with E-state index in [1.165, 1.54) is 12.1 Å². The Kier molecular flexibility index (Phi) is 5.09. The molecule has 15 heavy (non-hydrogen) atoms. The minimum absolute atomic E-state index is 0.154. The molecule has 1 aromatic rings. The summed E-state index contributed by atoms with van der Waals surface area (Å²) in [6, 6.07) is 4.51. The highest BCUT2D eigenvalue weighted by molar-refractivity contribution is 14.1. The van der Waals surface area contributed by atoms with Crippen LogP contribution in [0.2, 0.25) is 0 Å². The van der Waals surface area contributed by atoms with Crippen molar-refractivity contribution in [3.8, 4) is 0 Å². The molecule has 0 radical (unpaired) electrons. The molecule has 0 aromatic heterocycles. The summed E-state index contributed by atoms with van der Waals surface area (Å²) < 4.78 is -0.605. The van der Waals surface area contributed by atoms with Crippen molar-refractivity contribution in [3.63, 3.8) is 0 Å². The van der Waals surface area contributed by atoms with Gasteiger partial charge in [-0.15, -0.1) is 0 Å². The Morgan fingerprint density at radius 3 is 1.73 bits per heavy atom. The van der Waals surface area contributed by atoms with E-state index in [0.717, 1.165) is 0 Å². The monoisotopic (exact) mass is 540 g/mol. The molecule has 0 amide bonds. The van der Waals surface area contributed by atoms with E-state index >= 15 is 0 Å². The third kappa shape index (κ3) is 3.44. The molecule has 6 heteroatoms. The van der Waals surface area contributed by atoms with Crippen LogP contribution in [0.5, 0.6) is 0 Å². The first kappa shape index (κ1) is 13.5. The number of hydrogen-bond acceptors (Lipinski definition) is 3. The number of carbonyl (C=O) groups excluding carboxylic acids is 3. The Morgan fingerprint density at radius 1 is 0.800 bits per heavy atom. The van der Waals surface area contributed by atoms with E-state index in [0.29, 0.717) is 11.1 Å². The second-order valence-electron chi connectivity index (χ2n) is 2.58. The molecule has 0 aliphatic heterocycles. The van der Waals surface area contributed by atoms with Gasteiger partial charge in [-0.25, -0.2) is 0 Å². The van der Waals surface area contributed by atoms with E-state index in [-0.39, 0.29) is 16.9 Å². The number of benzene rings is 1. The molecule has 0 saturated carbocycles. The maximum Gasteiger partial charge on any atom is 0.223 e. The molecule has 0 aliphatic rings. The van der Waals surface area contributed by atoms with Crippen molar-refractivity contribution in [2.75, 3.05) is 0 Å². The molecule has 1 rings (SSSR count). The van der Waals surface area contributed by atoms with E-state index in [2.05, 4.69) is 0 Å². The second-order valence-corrected chi connectivity index (χ2v) is 5.52. The highest BCUT2D eigenvalue weighted by atomic mass is 127. The lowest BCUT2D eigenvalue weighted by molar-refractivity contribution is 0.107. The van der Waals surface area contributed by atoms with E-state index in [1.54, 1.807) is 73.8 Å². The van der Waals surface area contributed by atoms with Crippen LogP contribution in [0.25, 0.3) is 0 Å². The minimum Gasteiger partial charge on any atom is -0.282 e. The van der Waals surface area contributed by atoms with Crippen molar-refractivity contribution in [1.82, 2.24) is 0 Å². The topological polar surface area (TPSA) is 51.2 Å². The minimum atomic E-state index is -0.243. The zero-order valence-electron chi connectivity index (χ0n) is 7.09. The Labute approximate surface area is 127 Å². The summed E-state index contributed by atoms with van der Waals surface area (Å²) in [7, 11) is 0. The Balaban J connectivity index is 3.40. The standard InChI is InChI=1S/C9H3I3O3/c10-7(13)4-1-2-5(8(11)14)6(3-4)9(12)15/h1-3H. The van der Waals surface area contributed by atoms with Crippen LogP contribution in [-0.2, 0) is 0 Å². The first-order valence-corrected chi connectivity index (χ1v) is 6.90. The highest BCUT2D eigenvalue weighted by Gasteiger charge is 2.15. The molecule has 3 nitrogen and oxygen atoms in total. The van der Waals surface area contributed by atoms with E-state index < -0.39 is 0 Å². The third-order valence-corrected chi connectivity index (χ3v) is 3.46. The second kappa shape index (κ2) is 5.66. The number of rotatable bonds is 3. The fourth-order valence-electron chi connectivity index (χ4n) is 1.00. The van der Waals surface area contributed by atoms with E-state index in [9.17, 15) is 14.4 Å². The van der Waals surface area contributed by atoms with Crippen LogP contribution in [0.15, 0.2) is 18.2 Å². The smallest absolute Gasteiger partial charge is 0.223 e. The van der Waals surface area contributed by atoms with Gasteiger partial charge in [0.05, 0.1) is 0 Å². The van der Waals surface area contributed by atoms with Gasteiger partial charge in [-0.1, -0.05) is 0 Å². The van der Waals surface area contributed by atoms with Gasteiger partial charge in [0.25, 0.3) is 0 Å². The van der Waals surface area contributed by atoms with Crippen LogP contribution in [0, 0.1) is 0 Å². The first-order chi connectivity index (χ1) is 6.93. The van der Waals surface area contributed by atoms with Gasteiger partial charge in [-0.2, -0.15) is 0 Å². The average molecular weight is 540 g/mol. The van der Waals surface area contributed by atoms with Gasteiger partial charge >= 0.3 is 0 Å². The number of halogens is 3. The third-order valence-electron chi connectivity index (χ3n) is 1.67. The summed E-state index contributed by atoms with van der Waals surface area (Å²) in [6.45, 7) is 0. The van der Waals surface area contributed by atoms with Gasteiger partial charge in [0.2, 0.25) is 11.4 Å². The number of carbonyl (C=O) groups is 3. The van der Waals surface area contributed by atoms with Gasteiger partial charge < -0.3 is 0 Å². The Hall–Kier alpha value is 0.420. The fraction of sp³-hybridized carbons (Fsp3) is 0. The van der Waals surface area contributed by atoms with Gasteiger partial charge in [-0.05, 0) is 18.2 Å². The van der Waals surface area contributed by atoms with Crippen LogP contribution >= 0.6 is 67.8 Å². The Bertz CT molecular complexity index is 454. The zero-order valence-corrected chi connectivity index (χ0v) is 13.6. The van der Waals surface area contributed by atoms with Crippen LogP contribution in [0.4, 0.5) is 0 Å². The van der Waals surface area contributed by atoms with Crippen LogP contribution in [0.1, 0.15) is 31.1 Å². The molecule has 0 spiro atoms. The molecule has 0 heterocycles. The normalized spacial score (nSPS) is 9.80. The summed E-state index contributed by atoms with van der Waals surface area (Å²) in [5.74, 6) is 0. The zero-order chi connectivity index (χ0) is 11.6. The summed E-state index contributed by atoms with van der Waals surface area (Å²) in [4.78, 5) is 33.5. The maximum absolute atomic E-state index is 11.3. The quantitative estimate of drug-likeness (QED) is 0.437. The van der Waals surface area contributed by atoms with Gasteiger partial charge in [-0.3, -0.25) is 14.4 Å². The molecule has 0 atom stereocenters. The molecule has 0 N–H and O–H groups in total.